The van der Waals surface area contributed by atoms with Crippen molar-refractivity contribution in [2.45, 2.75) is 0 Å². The van der Waals surface area contributed by atoms with E-state index in [1.54, 1.807) is 30.3 Å². The lowest BCUT2D eigenvalue weighted by atomic mass is 10.0. The Morgan fingerprint density at radius 2 is 1.88 bits per heavy atom. The fourth-order valence-corrected chi connectivity index (χ4v) is 1.78. The van der Waals surface area contributed by atoms with Gasteiger partial charge in [-0.25, -0.2) is 4.39 Å². The van der Waals surface area contributed by atoms with Crippen LogP contribution < -0.4 is 10.5 Å². The van der Waals surface area contributed by atoms with E-state index in [2.05, 4.69) is 0 Å². The standard InChI is InChI=1S/C13H11ClFNO/c1-17-9-3-4-10(12(15)7-9)11-6-8(14)2-5-13(11)16/h2-7H,16H2,1H3. The Hall–Kier alpha value is -1.74. The van der Waals surface area contributed by atoms with E-state index < -0.39 is 5.82 Å². The Bertz CT molecular complexity index is 557. The van der Waals surface area contributed by atoms with E-state index in [9.17, 15) is 4.39 Å². The molecule has 2 rings (SSSR count). The number of hydrogen-bond acceptors (Lipinski definition) is 2. The van der Waals surface area contributed by atoms with Crippen LogP contribution in [-0.2, 0) is 0 Å². The van der Waals surface area contributed by atoms with Crippen LogP contribution in [-0.4, -0.2) is 7.11 Å². The summed E-state index contributed by atoms with van der Waals surface area (Å²) < 4.78 is 18.8. The van der Waals surface area contributed by atoms with Crippen LogP contribution in [0.5, 0.6) is 5.75 Å². The molecular weight excluding hydrogens is 241 g/mol. The van der Waals surface area contributed by atoms with Gasteiger partial charge < -0.3 is 10.5 Å². The lowest BCUT2D eigenvalue weighted by Gasteiger charge is -2.09. The van der Waals surface area contributed by atoms with Crippen LogP contribution in [0.2, 0.25) is 5.02 Å². The van der Waals surface area contributed by atoms with Crippen LogP contribution in [0.15, 0.2) is 36.4 Å². The molecule has 0 atom stereocenters. The van der Waals surface area contributed by atoms with E-state index in [0.717, 1.165) is 0 Å². The number of ether oxygens (including phenoxy) is 1. The quantitative estimate of drug-likeness (QED) is 0.826. The molecule has 0 aliphatic carbocycles. The first-order valence-electron chi connectivity index (χ1n) is 5.01. The average molecular weight is 252 g/mol. The lowest BCUT2D eigenvalue weighted by molar-refractivity contribution is 0.411. The molecule has 0 fully saturated rings. The van der Waals surface area contributed by atoms with Crippen molar-refractivity contribution < 1.29 is 9.13 Å². The minimum Gasteiger partial charge on any atom is -0.497 e. The molecule has 0 spiro atoms. The summed E-state index contributed by atoms with van der Waals surface area (Å²) in [5, 5.41) is 0.518. The molecule has 0 saturated carbocycles. The van der Waals surface area contributed by atoms with Gasteiger partial charge in [-0.1, -0.05) is 11.6 Å². The fourth-order valence-electron chi connectivity index (χ4n) is 1.60. The maximum Gasteiger partial charge on any atom is 0.134 e. The van der Waals surface area contributed by atoms with Crippen molar-refractivity contribution in [3.05, 3.63) is 47.2 Å². The van der Waals surface area contributed by atoms with Gasteiger partial charge in [0.15, 0.2) is 0 Å². The van der Waals surface area contributed by atoms with Crippen molar-refractivity contribution in [3.63, 3.8) is 0 Å². The van der Waals surface area contributed by atoms with Crippen molar-refractivity contribution in [1.29, 1.82) is 0 Å². The van der Waals surface area contributed by atoms with E-state index in [0.29, 0.717) is 27.6 Å². The van der Waals surface area contributed by atoms with Gasteiger partial charge in [0.25, 0.3) is 0 Å². The van der Waals surface area contributed by atoms with Crippen molar-refractivity contribution in [2.24, 2.45) is 0 Å². The molecule has 0 radical (unpaired) electrons. The first-order chi connectivity index (χ1) is 8.11. The molecule has 4 heteroatoms. The summed E-state index contributed by atoms with van der Waals surface area (Å²) in [5.74, 6) is 0.0742. The molecule has 17 heavy (non-hydrogen) atoms. The number of benzene rings is 2. The molecule has 2 aromatic rings. The average Bonchev–Trinajstić information content (AvgIpc) is 2.32. The van der Waals surface area contributed by atoms with Crippen molar-refractivity contribution in [2.75, 3.05) is 12.8 Å². The van der Waals surface area contributed by atoms with Crippen LogP contribution in [0.3, 0.4) is 0 Å². The Balaban J connectivity index is 2.56. The largest absolute Gasteiger partial charge is 0.497 e. The van der Waals surface area contributed by atoms with E-state index in [1.807, 2.05) is 0 Å². The maximum absolute atomic E-state index is 13.9. The summed E-state index contributed by atoms with van der Waals surface area (Å²) in [4.78, 5) is 0. The van der Waals surface area contributed by atoms with Gasteiger partial charge in [0, 0.05) is 27.9 Å². The molecule has 0 bridgehead atoms. The zero-order chi connectivity index (χ0) is 12.4. The maximum atomic E-state index is 13.9. The number of nitrogen functional groups attached to an aromatic ring is 1. The molecular formula is C13H11ClFNO. The third-order valence-electron chi connectivity index (χ3n) is 2.48. The molecule has 0 unspecified atom stereocenters. The summed E-state index contributed by atoms with van der Waals surface area (Å²) in [6, 6.07) is 9.58. The minimum absolute atomic E-state index is 0.390. The number of hydrogen-bond donors (Lipinski definition) is 1. The molecule has 0 amide bonds. The lowest BCUT2D eigenvalue weighted by Crippen LogP contribution is -1.93. The van der Waals surface area contributed by atoms with Crippen LogP contribution in [0.25, 0.3) is 11.1 Å². The molecule has 0 heterocycles. The highest BCUT2D eigenvalue weighted by Gasteiger charge is 2.10. The topological polar surface area (TPSA) is 35.2 Å². The van der Waals surface area contributed by atoms with Gasteiger partial charge in [0.2, 0.25) is 0 Å². The van der Waals surface area contributed by atoms with E-state index >= 15 is 0 Å². The number of methoxy groups -OCH3 is 1. The first kappa shape index (κ1) is 11.7. The Kier molecular flexibility index (Phi) is 3.20. The van der Waals surface area contributed by atoms with Crippen LogP contribution in [0.4, 0.5) is 10.1 Å². The third kappa shape index (κ3) is 2.34. The highest BCUT2D eigenvalue weighted by Crippen LogP contribution is 2.32. The smallest absolute Gasteiger partial charge is 0.134 e. The van der Waals surface area contributed by atoms with Gasteiger partial charge in [0.1, 0.15) is 11.6 Å². The highest BCUT2D eigenvalue weighted by atomic mass is 35.5. The van der Waals surface area contributed by atoms with Gasteiger partial charge in [-0.3, -0.25) is 0 Å². The molecule has 0 aliphatic rings. The van der Waals surface area contributed by atoms with Crippen LogP contribution in [0.1, 0.15) is 0 Å². The number of halogens is 2. The summed E-state index contributed by atoms with van der Waals surface area (Å²) in [6.45, 7) is 0. The van der Waals surface area contributed by atoms with Gasteiger partial charge >= 0.3 is 0 Å². The normalized spacial score (nSPS) is 10.3. The Morgan fingerprint density at radius 3 is 2.53 bits per heavy atom. The highest BCUT2D eigenvalue weighted by molar-refractivity contribution is 6.31. The molecule has 0 aromatic heterocycles. The number of anilines is 1. The fraction of sp³-hybridized carbons (Fsp3) is 0.0769. The van der Waals surface area contributed by atoms with E-state index in [-0.39, 0.29) is 0 Å². The van der Waals surface area contributed by atoms with Gasteiger partial charge in [-0.2, -0.15) is 0 Å². The second kappa shape index (κ2) is 4.63. The van der Waals surface area contributed by atoms with Crippen molar-refractivity contribution >= 4 is 17.3 Å². The number of nitrogens with two attached hydrogens (primary N) is 1. The van der Waals surface area contributed by atoms with Crippen LogP contribution in [0, 0.1) is 5.82 Å². The zero-order valence-electron chi connectivity index (χ0n) is 9.21. The van der Waals surface area contributed by atoms with E-state index in [4.69, 9.17) is 22.1 Å². The van der Waals surface area contributed by atoms with Gasteiger partial charge in [-0.05, 0) is 30.3 Å². The monoisotopic (exact) mass is 251 g/mol. The van der Waals surface area contributed by atoms with E-state index in [1.165, 1.54) is 13.2 Å². The Labute approximate surface area is 104 Å². The summed E-state index contributed by atoms with van der Waals surface area (Å²) >= 11 is 5.87. The molecule has 88 valence electrons. The van der Waals surface area contributed by atoms with Crippen molar-refractivity contribution in [3.8, 4) is 16.9 Å². The molecule has 2 nitrogen and oxygen atoms in total. The summed E-state index contributed by atoms with van der Waals surface area (Å²) in [5.41, 5.74) is 7.28. The van der Waals surface area contributed by atoms with Crippen LogP contribution >= 0.6 is 11.6 Å². The minimum atomic E-state index is -0.390. The first-order valence-corrected chi connectivity index (χ1v) is 5.38. The summed E-state index contributed by atoms with van der Waals surface area (Å²) in [7, 11) is 1.49. The molecule has 0 saturated heterocycles. The van der Waals surface area contributed by atoms with Gasteiger partial charge in [-0.15, -0.1) is 0 Å². The third-order valence-corrected chi connectivity index (χ3v) is 2.72. The molecule has 2 N–H and O–H groups in total. The number of rotatable bonds is 2. The second-order valence-corrected chi connectivity index (χ2v) is 4.01. The Morgan fingerprint density at radius 1 is 1.12 bits per heavy atom. The molecule has 0 aliphatic heterocycles. The van der Waals surface area contributed by atoms with Crippen molar-refractivity contribution in [1.82, 2.24) is 0 Å². The molecule has 2 aromatic carbocycles. The second-order valence-electron chi connectivity index (χ2n) is 3.58. The SMILES string of the molecule is COc1ccc(-c2cc(Cl)ccc2N)c(F)c1. The zero-order valence-corrected chi connectivity index (χ0v) is 9.96. The predicted octanol–water partition coefficient (Wildman–Crippen LogP) is 3.74. The van der Waals surface area contributed by atoms with Gasteiger partial charge in [0.05, 0.1) is 7.11 Å². The summed E-state index contributed by atoms with van der Waals surface area (Å²) in [6.07, 6.45) is 0. The predicted molar refractivity (Wildman–Crippen MR) is 67.8 cm³/mol.